The fraction of sp³-hybridized carbons (Fsp3) is 0.235. The van der Waals surface area contributed by atoms with E-state index in [1.807, 2.05) is 0 Å². The van der Waals surface area contributed by atoms with Gasteiger partial charge in [0.15, 0.2) is 6.61 Å². The first-order chi connectivity index (χ1) is 11.1. The van der Waals surface area contributed by atoms with Gasteiger partial charge in [0.05, 0.1) is 6.10 Å². The van der Waals surface area contributed by atoms with Crippen molar-refractivity contribution in [3.8, 4) is 5.75 Å². The van der Waals surface area contributed by atoms with E-state index in [2.05, 4.69) is 5.32 Å². The predicted octanol–water partition coefficient (Wildman–Crippen LogP) is 2.85. The molecule has 1 N–H and O–H groups in total. The highest BCUT2D eigenvalue weighted by molar-refractivity contribution is 5.77. The standard InChI is InChI=1S/C17H17F2NO3/c1-22-16(12-3-2-4-14(19)9-12)10-20-17(21)11-23-15-7-5-13(18)6-8-15/h2-9,16H,10-11H2,1H3,(H,20,21). The summed E-state index contributed by atoms with van der Waals surface area (Å²) in [5.74, 6) is -0.696. The zero-order valence-electron chi connectivity index (χ0n) is 12.6. The van der Waals surface area contributed by atoms with Crippen molar-refractivity contribution in [3.05, 3.63) is 65.7 Å². The number of amides is 1. The molecule has 0 aliphatic heterocycles. The number of rotatable bonds is 7. The Morgan fingerprint density at radius 1 is 1.13 bits per heavy atom. The van der Waals surface area contributed by atoms with Gasteiger partial charge in [0.25, 0.3) is 5.91 Å². The van der Waals surface area contributed by atoms with Crippen LogP contribution in [-0.2, 0) is 9.53 Å². The van der Waals surface area contributed by atoms with Gasteiger partial charge in [0.2, 0.25) is 0 Å². The highest BCUT2D eigenvalue weighted by Gasteiger charge is 2.13. The fourth-order valence-corrected chi connectivity index (χ4v) is 1.98. The van der Waals surface area contributed by atoms with Crippen LogP contribution >= 0.6 is 0 Å². The van der Waals surface area contributed by atoms with E-state index in [0.717, 1.165) is 0 Å². The maximum atomic E-state index is 13.2. The zero-order chi connectivity index (χ0) is 16.7. The number of hydrogen-bond donors (Lipinski definition) is 1. The minimum atomic E-state index is -0.458. The van der Waals surface area contributed by atoms with Crippen LogP contribution in [0.5, 0.6) is 5.75 Å². The summed E-state index contributed by atoms with van der Waals surface area (Å²) in [6, 6.07) is 11.4. The third-order valence-corrected chi connectivity index (χ3v) is 3.17. The molecule has 0 bridgehead atoms. The molecular formula is C17H17F2NO3. The highest BCUT2D eigenvalue weighted by atomic mass is 19.1. The Bertz CT molecular complexity index is 647. The summed E-state index contributed by atoms with van der Waals surface area (Å²) >= 11 is 0. The van der Waals surface area contributed by atoms with Gasteiger partial charge < -0.3 is 14.8 Å². The van der Waals surface area contributed by atoms with Gasteiger partial charge in [-0.3, -0.25) is 4.79 Å². The topological polar surface area (TPSA) is 47.6 Å². The summed E-state index contributed by atoms with van der Waals surface area (Å²) in [5, 5.41) is 2.65. The molecule has 0 saturated carbocycles. The maximum absolute atomic E-state index is 13.2. The molecule has 2 rings (SSSR count). The van der Waals surface area contributed by atoms with Gasteiger partial charge >= 0.3 is 0 Å². The molecule has 4 nitrogen and oxygen atoms in total. The van der Waals surface area contributed by atoms with Crippen molar-refractivity contribution in [2.45, 2.75) is 6.10 Å². The van der Waals surface area contributed by atoms with Crippen LogP contribution in [0.4, 0.5) is 8.78 Å². The Morgan fingerprint density at radius 3 is 2.52 bits per heavy atom. The second-order valence-electron chi connectivity index (χ2n) is 4.83. The number of hydrogen-bond acceptors (Lipinski definition) is 3. The van der Waals surface area contributed by atoms with E-state index >= 15 is 0 Å². The van der Waals surface area contributed by atoms with Crippen molar-refractivity contribution in [3.63, 3.8) is 0 Å². The van der Waals surface area contributed by atoms with E-state index in [0.29, 0.717) is 11.3 Å². The summed E-state index contributed by atoms with van der Waals surface area (Å²) in [4.78, 5) is 11.8. The van der Waals surface area contributed by atoms with Gasteiger partial charge in [-0.1, -0.05) is 12.1 Å². The molecule has 122 valence electrons. The molecular weight excluding hydrogens is 304 g/mol. The number of carbonyl (C=O) groups is 1. The van der Waals surface area contributed by atoms with E-state index in [9.17, 15) is 13.6 Å². The number of ether oxygens (including phenoxy) is 2. The maximum Gasteiger partial charge on any atom is 0.258 e. The average Bonchev–Trinajstić information content (AvgIpc) is 2.55. The Labute approximate surface area is 133 Å². The Morgan fingerprint density at radius 2 is 1.87 bits per heavy atom. The first-order valence-corrected chi connectivity index (χ1v) is 7.02. The zero-order valence-corrected chi connectivity index (χ0v) is 12.6. The Balaban J connectivity index is 1.81. The summed E-state index contributed by atoms with van der Waals surface area (Å²) in [6.07, 6.45) is -0.458. The quantitative estimate of drug-likeness (QED) is 0.853. The van der Waals surface area contributed by atoms with Gasteiger partial charge in [-0.05, 0) is 42.0 Å². The molecule has 1 unspecified atom stereocenters. The largest absolute Gasteiger partial charge is 0.484 e. The predicted molar refractivity (Wildman–Crippen MR) is 81.1 cm³/mol. The molecule has 1 atom stereocenters. The van der Waals surface area contributed by atoms with Gasteiger partial charge in [-0.15, -0.1) is 0 Å². The normalized spacial score (nSPS) is 11.8. The molecule has 1 amide bonds. The monoisotopic (exact) mass is 321 g/mol. The van der Waals surface area contributed by atoms with Crippen LogP contribution in [0.25, 0.3) is 0 Å². The van der Waals surface area contributed by atoms with Crippen LogP contribution in [0, 0.1) is 11.6 Å². The number of halogens is 2. The summed E-state index contributed by atoms with van der Waals surface area (Å²) in [7, 11) is 1.48. The Kier molecular flexibility index (Phi) is 6.05. The number of nitrogens with one attached hydrogen (secondary N) is 1. The molecule has 0 radical (unpaired) electrons. The van der Waals surface area contributed by atoms with Gasteiger partial charge in [-0.25, -0.2) is 8.78 Å². The first kappa shape index (κ1) is 16.9. The van der Waals surface area contributed by atoms with Crippen molar-refractivity contribution in [2.75, 3.05) is 20.3 Å². The third kappa shape index (κ3) is 5.34. The molecule has 0 fully saturated rings. The molecule has 0 heterocycles. The van der Waals surface area contributed by atoms with Crippen LogP contribution in [0.2, 0.25) is 0 Å². The lowest BCUT2D eigenvalue weighted by molar-refractivity contribution is -0.123. The lowest BCUT2D eigenvalue weighted by atomic mass is 10.1. The third-order valence-electron chi connectivity index (χ3n) is 3.17. The summed E-state index contributed by atoms with van der Waals surface area (Å²) in [6.45, 7) is -0.0171. The van der Waals surface area contributed by atoms with E-state index in [1.165, 1.54) is 43.5 Å². The first-order valence-electron chi connectivity index (χ1n) is 7.02. The molecule has 0 saturated heterocycles. The van der Waals surface area contributed by atoms with Gasteiger partial charge in [0, 0.05) is 13.7 Å². The van der Waals surface area contributed by atoms with Gasteiger partial charge in [-0.2, -0.15) is 0 Å². The minimum Gasteiger partial charge on any atom is -0.484 e. The lowest BCUT2D eigenvalue weighted by Gasteiger charge is -2.16. The van der Waals surface area contributed by atoms with E-state index in [4.69, 9.17) is 9.47 Å². The molecule has 6 heteroatoms. The number of methoxy groups -OCH3 is 1. The molecule has 23 heavy (non-hydrogen) atoms. The number of benzene rings is 2. The lowest BCUT2D eigenvalue weighted by Crippen LogP contribution is -2.33. The van der Waals surface area contributed by atoms with Crippen molar-refractivity contribution in [1.82, 2.24) is 5.32 Å². The van der Waals surface area contributed by atoms with Crippen LogP contribution in [-0.4, -0.2) is 26.2 Å². The van der Waals surface area contributed by atoms with Crippen LogP contribution in [0.3, 0.4) is 0 Å². The molecule has 2 aromatic rings. The molecule has 0 aromatic heterocycles. The van der Waals surface area contributed by atoms with Crippen LogP contribution in [0.15, 0.2) is 48.5 Å². The minimum absolute atomic E-state index is 0.186. The van der Waals surface area contributed by atoms with Gasteiger partial charge in [0.1, 0.15) is 17.4 Å². The summed E-state index contributed by atoms with van der Waals surface area (Å²) < 4.78 is 36.4. The second kappa shape index (κ2) is 8.24. The average molecular weight is 321 g/mol. The molecule has 0 spiro atoms. The molecule has 0 aliphatic rings. The smallest absolute Gasteiger partial charge is 0.258 e. The second-order valence-corrected chi connectivity index (χ2v) is 4.83. The highest BCUT2D eigenvalue weighted by Crippen LogP contribution is 2.16. The van der Waals surface area contributed by atoms with Crippen LogP contribution < -0.4 is 10.1 Å². The number of carbonyl (C=O) groups excluding carboxylic acids is 1. The van der Waals surface area contributed by atoms with E-state index in [-0.39, 0.29) is 30.7 Å². The SMILES string of the molecule is COC(CNC(=O)COc1ccc(F)cc1)c1cccc(F)c1. The Hall–Kier alpha value is -2.47. The molecule has 0 aliphatic carbocycles. The van der Waals surface area contributed by atoms with Crippen LogP contribution in [0.1, 0.15) is 11.7 Å². The summed E-state index contributed by atoms with van der Waals surface area (Å²) in [5.41, 5.74) is 0.632. The van der Waals surface area contributed by atoms with Crippen molar-refractivity contribution in [2.24, 2.45) is 0 Å². The van der Waals surface area contributed by atoms with Crippen molar-refractivity contribution >= 4 is 5.91 Å². The molecule has 2 aromatic carbocycles. The van der Waals surface area contributed by atoms with Crippen molar-refractivity contribution in [1.29, 1.82) is 0 Å². The fourth-order valence-electron chi connectivity index (χ4n) is 1.98. The van der Waals surface area contributed by atoms with E-state index in [1.54, 1.807) is 12.1 Å². The van der Waals surface area contributed by atoms with E-state index < -0.39 is 6.10 Å². The van der Waals surface area contributed by atoms with Crippen molar-refractivity contribution < 1.29 is 23.0 Å².